The summed E-state index contributed by atoms with van der Waals surface area (Å²) in [7, 11) is 1.59. The molecule has 3 aromatic rings. The molecule has 1 saturated heterocycles. The van der Waals surface area contributed by atoms with Crippen molar-refractivity contribution in [3.8, 4) is 5.75 Å². The van der Waals surface area contributed by atoms with E-state index in [1.807, 2.05) is 48.5 Å². The molecule has 1 atom stereocenters. The Hall–Kier alpha value is -3.93. The Labute approximate surface area is 212 Å². The molecular formula is C30H32N2O4. The van der Waals surface area contributed by atoms with Crippen LogP contribution < -0.4 is 9.64 Å². The number of unbranched alkanes of at least 4 members (excludes halogenated alkanes) is 3. The lowest BCUT2D eigenvalue weighted by molar-refractivity contribution is -0.144. The largest absolute Gasteiger partial charge is 0.497 e. The van der Waals surface area contributed by atoms with Gasteiger partial charge >= 0.3 is 6.03 Å². The second kappa shape index (κ2) is 11.2. The molecule has 1 aliphatic heterocycles. The fourth-order valence-electron chi connectivity index (χ4n) is 4.81. The number of hydrogen-bond acceptors (Lipinski definition) is 4. The number of barbiturate groups is 1. The molecule has 1 heterocycles. The summed E-state index contributed by atoms with van der Waals surface area (Å²) in [6.07, 6.45) is 4.00. The van der Waals surface area contributed by atoms with Crippen molar-refractivity contribution in [2.75, 3.05) is 12.0 Å². The first-order valence-electron chi connectivity index (χ1n) is 12.5. The average molecular weight is 485 g/mol. The van der Waals surface area contributed by atoms with Gasteiger partial charge in [-0.3, -0.25) is 14.5 Å². The van der Waals surface area contributed by atoms with Crippen LogP contribution in [0.2, 0.25) is 0 Å². The number of para-hydroxylation sites is 1. The predicted molar refractivity (Wildman–Crippen MR) is 140 cm³/mol. The van der Waals surface area contributed by atoms with Gasteiger partial charge in [0.25, 0.3) is 11.8 Å². The Bertz CT molecular complexity index is 1190. The first-order valence-corrected chi connectivity index (χ1v) is 12.5. The molecule has 4 rings (SSSR count). The van der Waals surface area contributed by atoms with E-state index in [1.165, 1.54) is 9.80 Å². The van der Waals surface area contributed by atoms with E-state index in [9.17, 15) is 14.4 Å². The van der Waals surface area contributed by atoms with E-state index in [-0.39, 0.29) is 6.54 Å². The Morgan fingerprint density at radius 1 is 0.750 bits per heavy atom. The highest BCUT2D eigenvalue weighted by atomic mass is 16.5. The third-order valence-electron chi connectivity index (χ3n) is 6.79. The van der Waals surface area contributed by atoms with Gasteiger partial charge in [0.05, 0.1) is 19.3 Å². The van der Waals surface area contributed by atoms with Crippen molar-refractivity contribution in [2.45, 2.75) is 51.0 Å². The van der Waals surface area contributed by atoms with E-state index in [2.05, 4.69) is 6.92 Å². The normalized spacial score (nSPS) is 18.0. The van der Waals surface area contributed by atoms with E-state index in [0.717, 1.165) is 24.8 Å². The van der Waals surface area contributed by atoms with Crippen molar-refractivity contribution in [3.05, 3.63) is 96.1 Å². The van der Waals surface area contributed by atoms with Crippen LogP contribution in [0.4, 0.5) is 10.5 Å². The van der Waals surface area contributed by atoms with Crippen LogP contribution in [0.1, 0.15) is 50.2 Å². The van der Waals surface area contributed by atoms with Crippen LogP contribution >= 0.6 is 0 Å². The number of benzene rings is 3. The molecule has 0 N–H and O–H groups in total. The first kappa shape index (κ1) is 25.2. The number of urea groups is 1. The van der Waals surface area contributed by atoms with Crippen molar-refractivity contribution in [1.82, 2.24) is 4.90 Å². The number of carbonyl (C=O) groups is 3. The van der Waals surface area contributed by atoms with Gasteiger partial charge in [-0.1, -0.05) is 93.3 Å². The standard InChI is InChI=1S/C30H32N2O4/c1-3-4-5-12-21-30(24-13-8-6-9-14-24)27(33)31(22-23-17-19-26(36-2)20-18-23)29(35)32(28(30)34)25-15-10-7-11-16-25/h6-11,13-20H,3-5,12,21-22H2,1-2H3. The van der Waals surface area contributed by atoms with Gasteiger partial charge < -0.3 is 4.74 Å². The molecule has 4 amide bonds. The topological polar surface area (TPSA) is 66.9 Å². The number of imide groups is 2. The van der Waals surface area contributed by atoms with E-state index >= 15 is 0 Å². The number of ether oxygens (including phenoxy) is 1. The predicted octanol–water partition coefficient (Wildman–Crippen LogP) is 6.10. The molecule has 0 aliphatic carbocycles. The highest BCUT2D eigenvalue weighted by Crippen LogP contribution is 2.40. The third-order valence-corrected chi connectivity index (χ3v) is 6.79. The SMILES string of the molecule is CCCCCCC1(c2ccccc2)C(=O)N(Cc2ccc(OC)cc2)C(=O)N(c2ccccc2)C1=O. The minimum absolute atomic E-state index is 0.0574. The molecule has 1 fully saturated rings. The van der Waals surface area contributed by atoms with Gasteiger partial charge in [-0.2, -0.15) is 0 Å². The van der Waals surface area contributed by atoms with Gasteiger partial charge in [0, 0.05) is 0 Å². The number of carbonyl (C=O) groups excluding carboxylic acids is 3. The number of rotatable bonds is 10. The maximum absolute atomic E-state index is 14.3. The van der Waals surface area contributed by atoms with Crippen LogP contribution in [0.15, 0.2) is 84.9 Å². The minimum Gasteiger partial charge on any atom is -0.497 e. The van der Waals surface area contributed by atoms with Gasteiger partial charge in [-0.05, 0) is 41.8 Å². The number of hydrogen-bond donors (Lipinski definition) is 0. The molecule has 0 saturated carbocycles. The molecule has 0 radical (unpaired) electrons. The molecule has 0 spiro atoms. The van der Waals surface area contributed by atoms with Crippen molar-refractivity contribution >= 4 is 23.5 Å². The summed E-state index contributed by atoms with van der Waals surface area (Å²) in [5.41, 5.74) is 0.358. The second-order valence-electron chi connectivity index (χ2n) is 9.08. The molecular weight excluding hydrogens is 452 g/mol. The highest BCUT2D eigenvalue weighted by Gasteiger charge is 2.58. The summed E-state index contributed by atoms with van der Waals surface area (Å²) in [4.78, 5) is 44.7. The van der Waals surface area contributed by atoms with Gasteiger partial charge in [-0.25, -0.2) is 9.69 Å². The Morgan fingerprint density at radius 2 is 1.39 bits per heavy atom. The highest BCUT2D eigenvalue weighted by molar-refractivity contribution is 6.32. The fourth-order valence-corrected chi connectivity index (χ4v) is 4.81. The van der Waals surface area contributed by atoms with Crippen molar-refractivity contribution in [2.24, 2.45) is 0 Å². The van der Waals surface area contributed by atoms with Crippen LogP contribution in [0.5, 0.6) is 5.75 Å². The molecule has 0 bridgehead atoms. The smallest absolute Gasteiger partial charge is 0.338 e. The third kappa shape index (κ3) is 4.76. The minimum atomic E-state index is -1.48. The van der Waals surface area contributed by atoms with Crippen LogP contribution in [-0.2, 0) is 21.5 Å². The zero-order valence-electron chi connectivity index (χ0n) is 20.9. The van der Waals surface area contributed by atoms with E-state index in [4.69, 9.17) is 4.74 Å². The first-order chi connectivity index (χ1) is 17.5. The summed E-state index contributed by atoms with van der Waals surface area (Å²) >= 11 is 0. The lowest BCUT2D eigenvalue weighted by Gasteiger charge is -2.44. The van der Waals surface area contributed by atoms with E-state index in [1.54, 1.807) is 43.5 Å². The Morgan fingerprint density at radius 3 is 2.00 bits per heavy atom. The number of anilines is 1. The van der Waals surface area contributed by atoms with E-state index in [0.29, 0.717) is 29.8 Å². The quantitative estimate of drug-likeness (QED) is 0.258. The summed E-state index contributed by atoms with van der Waals surface area (Å²) < 4.78 is 5.25. The zero-order chi connectivity index (χ0) is 25.5. The van der Waals surface area contributed by atoms with Gasteiger partial charge in [0.15, 0.2) is 5.41 Å². The molecule has 6 heteroatoms. The summed E-state index contributed by atoms with van der Waals surface area (Å²) in [5.74, 6) is -0.272. The van der Waals surface area contributed by atoms with Crippen LogP contribution in [0.3, 0.4) is 0 Å². The van der Waals surface area contributed by atoms with Gasteiger partial charge in [0.1, 0.15) is 5.75 Å². The molecule has 36 heavy (non-hydrogen) atoms. The van der Waals surface area contributed by atoms with Crippen molar-refractivity contribution < 1.29 is 19.1 Å². The summed E-state index contributed by atoms with van der Waals surface area (Å²) in [6.45, 7) is 2.18. The average Bonchev–Trinajstić information content (AvgIpc) is 2.92. The second-order valence-corrected chi connectivity index (χ2v) is 9.08. The summed E-state index contributed by atoms with van der Waals surface area (Å²) in [6, 6.07) is 24.6. The molecule has 186 valence electrons. The van der Waals surface area contributed by atoms with E-state index < -0.39 is 23.3 Å². The molecule has 0 aromatic heterocycles. The summed E-state index contributed by atoms with van der Waals surface area (Å²) in [5, 5.41) is 0. The van der Waals surface area contributed by atoms with Crippen molar-refractivity contribution in [1.29, 1.82) is 0 Å². The fraction of sp³-hybridized carbons (Fsp3) is 0.300. The number of amides is 4. The number of methoxy groups -OCH3 is 1. The van der Waals surface area contributed by atoms with Gasteiger partial charge in [-0.15, -0.1) is 0 Å². The molecule has 1 unspecified atom stereocenters. The van der Waals surface area contributed by atoms with Gasteiger partial charge in [0.2, 0.25) is 0 Å². The van der Waals surface area contributed by atoms with Crippen LogP contribution in [0, 0.1) is 0 Å². The zero-order valence-corrected chi connectivity index (χ0v) is 20.9. The van der Waals surface area contributed by atoms with Crippen molar-refractivity contribution in [3.63, 3.8) is 0 Å². The van der Waals surface area contributed by atoms with Crippen LogP contribution in [-0.4, -0.2) is 29.9 Å². The molecule has 6 nitrogen and oxygen atoms in total. The lowest BCUT2D eigenvalue weighted by atomic mass is 9.72. The maximum atomic E-state index is 14.3. The Kier molecular flexibility index (Phi) is 7.84. The molecule has 3 aromatic carbocycles. The maximum Gasteiger partial charge on any atom is 0.338 e. The lowest BCUT2D eigenvalue weighted by Crippen LogP contribution is -2.67. The monoisotopic (exact) mass is 484 g/mol. The Balaban J connectivity index is 1.83. The van der Waals surface area contributed by atoms with Crippen LogP contribution in [0.25, 0.3) is 0 Å². The number of nitrogens with zero attached hydrogens (tertiary/aromatic N) is 2. The molecule has 1 aliphatic rings.